The zero-order valence-corrected chi connectivity index (χ0v) is 17.5. The molecule has 0 saturated heterocycles. The van der Waals surface area contributed by atoms with Gasteiger partial charge >= 0.3 is 5.97 Å². The van der Waals surface area contributed by atoms with Crippen molar-refractivity contribution in [1.29, 1.82) is 0 Å². The number of rotatable bonds is 10. The van der Waals surface area contributed by atoms with Crippen molar-refractivity contribution in [3.05, 3.63) is 58.9 Å². The minimum Gasteiger partial charge on any atom is -0.496 e. The Morgan fingerprint density at radius 1 is 1.24 bits per heavy atom. The minimum atomic E-state index is -1.01. The van der Waals surface area contributed by atoms with Crippen LogP contribution >= 0.6 is 11.3 Å². The van der Waals surface area contributed by atoms with Crippen LogP contribution in [0.4, 0.5) is 5.69 Å². The van der Waals surface area contributed by atoms with Gasteiger partial charge in [-0.1, -0.05) is 25.8 Å². The first-order valence-electron chi connectivity index (χ1n) is 9.64. The number of anilines is 1. The van der Waals surface area contributed by atoms with Crippen molar-refractivity contribution >= 4 is 23.0 Å². The lowest BCUT2D eigenvalue weighted by atomic mass is 10.1. The fourth-order valence-electron chi connectivity index (χ4n) is 3.01. The molecule has 6 nitrogen and oxygen atoms in total. The van der Waals surface area contributed by atoms with Gasteiger partial charge in [-0.2, -0.15) is 0 Å². The maximum atomic E-state index is 11.2. The number of carboxylic acids is 1. The summed E-state index contributed by atoms with van der Waals surface area (Å²) in [5.74, 6) is -0.664. The number of methoxy groups -OCH3 is 1. The maximum absolute atomic E-state index is 11.2. The molecule has 0 atom stereocenters. The van der Waals surface area contributed by atoms with E-state index in [0.717, 1.165) is 34.1 Å². The molecule has 0 spiro atoms. The SMILES string of the molecule is CCCCCNc1csc(-c2cncc(Cc3ccc(C(=O)O)c(OC)c3)n2)c1. The largest absolute Gasteiger partial charge is 0.496 e. The van der Waals surface area contributed by atoms with Crippen LogP contribution in [0.1, 0.15) is 47.8 Å². The Morgan fingerprint density at radius 2 is 2.10 bits per heavy atom. The summed E-state index contributed by atoms with van der Waals surface area (Å²) in [6.45, 7) is 3.18. The van der Waals surface area contributed by atoms with E-state index in [1.54, 1.807) is 41.9 Å². The predicted octanol–water partition coefficient (Wildman–Crippen LogP) is 5.10. The van der Waals surface area contributed by atoms with Gasteiger partial charge in [0.1, 0.15) is 11.3 Å². The van der Waals surface area contributed by atoms with Gasteiger partial charge in [-0.05, 0) is 30.2 Å². The van der Waals surface area contributed by atoms with E-state index in [4.69, 9.17) is 9.72 Å². The van der Waals surface area contributed by atoms with Crippen LogP contribution in [-0.4, -0.2) is 34.7 Å². The lowest BCUT2D eigenvalue weighted by Gasteiger charge is -2.08. The highest BCUT2D eigenvalue weighted by molar-refractivity contribution is 7.14. The first-order valence-corrected chi connectivity index (χ1v) is 10.5. The monoisotopic (exact) mass is 411 g/mol. The van der Waals surface area contributed by atoms with Crippen LogP contribution in [0.2, 0.25) is 0 Å². The summed E-state index contributed by atoms with van der Waals surface area (Å²) in [6, 6.07) is 7.18. The Labute approximate surface area is 174 Å². The van der Waals surface area contributed by atoms with E-state index >= 15 is 0 Å². The Morgan fingerprint density at radius 3 is 2.86 bits per heavy atom. The van der Waals surface area contributed by atoms with Crippen molar-refractivity contribution in [2.45, 2.75) is 32.6 Å². The summed E-state index contributed by atoms with van der Waals surface area (Å²) in [7, 11) is 1.47. The minimum absolute atomic E-state index is 0.147. The summed E-state index contributed by atoms with van der Waals surface area (Å²) >= 11 is 1.64. The fourth-order valence-corrected chi connectivity index (χ4v) is 3.83. The number of aromatic nitrogens is 2. The normalized spacial score (nSPS) is 10.7. The third-order valence-electron chi connectivity index (χ3n) is 4.53. The average molecular weight is 412 g/mol. The van der Waals surface area contributed by atoms with Crippen molar-refractivity contribution < 1.29 is 14.6 Å². The van der Waals surface area contributed by atoms with Crippen molar-refractivity contribution in [2.24, 2.45) is 0 Å². The van der Waals surface area contributed by atoms with Crippen LogP contribution in [0.15, 0.2) is 42.0 Å². The van der Waals surface area contributed by atoms with Gasteiger partial charge in [-0.25, -0.2) is 9.78 Å². The van der Waals surface area contributed by atoms with Gasteiger partial charge in [-0.15, -0.1) is 11.3 Å². The van der Waals surface area contributed by atoms with Gasteiger partial charge in [-0.3, -0.25) is 4.98 Å². The fraction of sp³-hybridized carbons (Fsp3) is 0.318. The number of hydrogen-bond acceptors (Lipinski definition) is 6. The number of carbonyl (C=O) groups is 1. The molecule has 2 N–H and O–H groups in total. The molecule has 0 fully saturated rings. The van der Waals surface area contributed by atoms with Gasteiger partial charge < -0.3 is 15.2 Å². The molecular formula is C22H25N3O3S. The van der Waals surface area contributed by atoms with Crippen LogP contribution in [0.3, 0.4) is 0 Å². The van der Waals surface area contributed by atoms with Crippen LogP contribution in [0.25, 0.3) is 10.6 Å². The van der Waals surface area contributed by atoms with Gasteiger partial charge in [0.2, 0.25) is 0 Å². The summed E-state index contributed by atoms with van der Waals surface area (Å²) < 4.78 is 5.21. The van der Waals surface area contributed by atoms with Crippen molar-refractivity contribution in [3.8, 4) is 16.3 Å². The van der Waals surface area contributed by atoms with Crippen LogP contribution in [-0.2, 0) is 6.42 Å². The van der Waals surface area contributed by atoms with Crippen molar-refractivity contribution in [2.75, 3.05) is 19.0 Å². The zero-order chi connectivity index (χ0) is 20.6. The lowest BCUT2D eigenvalue weighted by Crippen LogP contribution is -2.02. The number of nitrogens with zero attached hydrogens (tertiary/aromatic N) is 2. The van der Waals surface area contributed by atoms with E-state index in [2.05, 4.69) is 28.7 Å². The highest BCUT2D eigenvalue weighted by Crippen LogP contribution is 2.29. The van der Waals surface area contributed by atoms with Crippen LogP contribution < -0.4 is 10.1 Å². The third kappa shape index (κ3) is 5.54. The Kier molecular flexibility index (Phi) is 7.19. The van der Waals surface area contributed by atoms with E-state index in [0.29, 0.717) is 12.2 Å². The first kappa shape index (κ1) is 20.8. The van der Waals surface area contributed by atoms with E-state index < -0.39 is 5.97 Å². The average Bonchev–Trinajstić information content (AvgIpc) is 3.20. The van der Waals surface area contributed by atoms with E-state index in [1.165, 1.54) is 26.4 Å². The van der Waals surface area contributed by atoms with Crippen molar-refractivity contribution in [1.82, 2.24) is 9.97 Å². The molecule has 0 bridgehead atoms. The molecule has 152 valence electrons. The smallest absolute Gasteiger partial charge is 0.339 e. The second-order valence-electron chi connectivity index (χ2n) is 6.75. The Bertz CT molecular complexity index is 971. The Hall–Kier alpha value is -2.93. The molecule has 0 saturated carbocycles. The second kappa shape index (κ2) is 10.0. The van der Waals surface area contributed by atoms with E-state index in [1.807, 2.05) is 0 Å². The van der Waals surface area contributed by atoms with Crippen LogP contribution in [0.5, 0.6) is 5.75 Å². The molecule has 2 aromatic heterocycles. The summed E-state index contributed by atoms with van der Waals surface area (Å²) in [5.41, 5.74) is 3.83. The molecule has 3 rings (SSSR count). The molecule has 0 amide bonds. The molecule has 3 aromatic rings. The second-order valence-corrected chi connectivity index (χ2v) is 7.66. The predicted molar refractivity (Wildman–Crippen MR) is 116 cm³/mol. The number of carboxylic acid groups (broad SMARTS) is 1. The van der Waals surface area contributed by atoms with E-state index in [9.17, 15) is 9.90 Å². The van der Waals surface area contributed by atoms with Gasteiger partial charge in [0.05, 0.1) is 29.6 Å². The van der Waals surface area contributed by atoms with Gasteiger partial charge in [0.25, 0.3) is 0 Å². The number of thiophene rings is 1. The van der Waals surface area contributed by atoms with Crippen molar-refractivity contribution in [3.63, 3.8) is 0 Å². The summed E-state index contributed by atoms with van der Waals surface area (Å²) in [6.07, 6.45) is 7.66. The highest BCUT2D eigenvalue weighted by Gasteiger charge is 2.12. The molecule has 29 heavy (non-hydrogen) atoms. The Balaban J connectivity index is 1.72. The quantitative estimate of drug-likeness (QED) is 0.451. The van der Waals surface area contributed by atoms with Crippen LogP contribution in [0, 0.1) is 0 Å². The number of aromatic carboxylic acids is 1. The molecular weight excluding hydrogens is 386 g/mol. The third-order valence-corrected chi connectivity index (χ3v) is 5.48. The molecule has 0 aliphatic carbocycles. The molecule has 0 aliphatic rings. The molecule has 0 unspecified atom stereocenters. The number of benzene rings is 1. The molecule has 2 heterocycles. The molecule has 7 heteroatoms. The summed E-state index contributed by atoms with van der Waals surface area (Å²) in [4.78, 5) is 21.4. The zero-order valence-electron chi connectivity index (χ0n) is 16.6. The highest BCUT2D eigenvalue weighted by atomic mass is 32.1. The summed E-state index contributed by atoms with van der Waals surface area (Å²) in [5, 5.41) is 14.8. The molecule has 0 radical (unpaired) electrons. The number of hydrogen-bond donors (Lipinski definition) is 2. The topological polar surface area (TPSA) is 84.3 Å². The van der Waals surface area contributed by atoms with Gasteiger partial charge in [0.15, 0.2) is 0 Å². The van der Waals surface area contributed by atoms with E-state index in [-0.39, 0.29) is 5.56 Å². The van der Waals surface area contributed by atoms with Gasteiger partial charge in [0, 0.05) is 30.2 Å². The molecule has 1 aromatic carbocycles. The first-order chi connectivity index (χ1) is 14.1. The lowest BCUT2D eigenvalue weighted by molar-refractivity contribution is 0.0693. The number of unbranched alkanes of at least 4 members (excludes halogenated alkanes) is 2. The number of ether oxygens (including phenoxy) is 1. The molecule has 0 aliphatic heterocycles. The maximum Gasteiger partial charge on any atom is 0.339 e. The number of nitrogens with one attached hydrogen (secondary N) is 1. The standard InChI is InChI=1S/C22H25N3O3S/c1-3-4-5-8-24-17-11-21(29-14-17)19-13-23-12-16(25-19)9-15-6-7-18(22(26)27)20(10-15)28-2/h6-7,10-14,24H,3-5,8-9H2,1-2H3,(H,26,27).